The van der Waals surface area contributed by atoms with Crippen LogP contribution in [-0.4, -0.2) is 41.9 Å². The van der Waals surface area contributed by atoms with E-state index in [9.17, 15) is 14.7 Å². The van der Waals surface area contributed by atoms with Crippen molar-refractivity contribution in [2.75, 3.05) is 12.9 Å². The van der Waals surface area contributed by atoms with E-state index in [4.69, 9.17) is 9.47 Å². The number of ether oxygens (including phenoxy) is 2. The van der Waals surface area contributed by atoms with Crippen LogP contribution in [0.25, 0.3) is 0 Å². The van der Waals surface area contributed by atoms with Crippen LogP contribution in [-0.2, 0) is 14.3 Å². The average molecular weight is 501 g/mol. The predicted molar refractivity (Wildman–Crippen MR) is 138 cm³/mol. The van der Waals surface area contributed by atoms with Crippen LogP contribution in [0.1, 0.15) is 59.8 Å². The molecule has 2 bridgehead atoms. The number of carbonyl (C=O) groups excluding carboxylic acids is 2. The molecular formula is C29H40O5S. The molecule has 35 heavy (non-hydrogen) atoms. The van der Waals surface area contributed by atoms with Gasteiger partial charge in [-0.1, -0.05) is 33.8 Å². The van der Waals surface area contributed by atoms with E-state index in [0.717, 1.165) is 29.9 Å². The summed E-state index contributed by atoms with van der Waals surface area (Å²) in [5.74, 6) is 0.925. The maximum atomic E-state index is 13.5. The first kappa shape index (κ1) is 26.3. The summed E-state index contributed by atoms with van der Waals surface area (Å²) in [4.78, 5) is 27.6. The molecule has 0 spiro atoms. The number of rotatable bonds is 6. The Bertz CT molecular complexity index is 976. The number of esters is 1. The molecule has 0 heterocycles. The number of hydrogen-bond donors (Lipinski definition) is 1. The second-order valence-corrected chi connectivity index (χ2v) is 12.6. The molecule has 4 rings (SSSR count). The fraction of sp³-hybridized carbons (Fsp3) is 0.655. The first-order valence-electron chi connectivity index (χ1n) is 12.8. The number of thioether (sulfide) groups is 1. The van der Waals surface area contributed by atoms with Crippen LogP contribution in [0.4, 0.5) is 0 Å². The lowest BCUT2D eigenvalue weighted by Gasteiger charge is -2.61. The van der Waals surface area contributed by atoms with Crippen LogP contribution < -0.4 is 4.74 Å². The molecular weight excluding hydrogens is 460 g/mol. The van der Waals surface area contributed by atoms with Crippen molar-refractivity contribution < 1.29 is 24.2 Å². The van der Waals surface area contributed by atoms with Crippen molar-refractivity contribution in [3.8, 4) is 5.75 Å². The normalized spacial score (nSPS) is 40.9. The Balaban J connectivity index is 1.65. The van der Waals surface area contributed by atoms with Gasteiger partial charge in [-0.2, -0.15) is 0 Å². The highest BCUT2D eigenvalue weighted by Crippen LogP contribution is 2.68. The molecule has 1 aromatic rings. The first-order chi connectivity index (χ1) is 16.5. The van der Waals surface area contributed by atoms with Crippen LogP contribution in [0.3, 0.4) is 0 Å². The van der Waals surface area contributed by atoms with Crippen molar-refractivity contribution in [2.24, 2.45) is 34.0 Å². The summed E-state index contributed by atoms with van der Waals surface area (Å²) in [7, 11) is 1.62. The lowest BCUT2D eigenvalue weighted by atomic mass is 9.44. The Hall–Kier alpha value is -1.79. The molecule has 3 aliphatic rings. The Morgan fingerprint density at radius 2 is 1.91 bits per heavy atom. The fourth-order valence-electron chi connectivity index (χ4n) is 7.51. The van der Waals surface area contributed by atoms with Gasteiger partial charge in [0.05, 0.1) is 19.0 Å². The molecule has 3 saturated carbocycles. The maximum absolute atomic E-state index is 13.5. The molecule has 0 saturated heterocycles. The van der Waals surface area contributed by atoms with Gasteiger partial charge >= 0.3 is 5.97 Å². The second kappa shape index (κ2) is 9.59. The van der Waals surface area contributed by atoms with E-state index in [-0.39, 0.29) is 40.7 Å². The zero-order valence-electron chi connectivity index (χ0n) is 21.7. The molecule has 3 fully saturated rings. The lowest BCUT2D eigenvalue weighted by molar-refractivity contribution is -0.205. The third kappa shape index (κ3) is 4.25. The van der Waals surface area contributed by atoms with Crippen molar-refractivity contribution in [3.05, 3.63) is 36.9 Å². The molecule has 1 aromatic carbocycles. The minimum Gasteiger partial charge on any atom is -0.497 e. The number of benzene rings is 1. The molecule has 6 heteroatoms. The van der Waals surface area contributed by atoms with Crippen LogP contribution >= 0.6 is 11.8 Å². The molecule has 0 aliphatic heterocycles. The van der Waals surface area contributed by atoms with E-state index in [1.165, 1.54) is 11.8 Å². The summed E-state index contributed by atoms with van der Waals surface area (Å²) in [6, 6.07) is 7.59. The van der Waals surface area contributed by atoms with E-state index in [1.807, 2.05) is 37.3 Å². The molecule has 0 radical (unpaired) electrons. The minimum absolute atomic E-state index is 0.0314. The van der Waals surface area contributed by atoms with Gasteiger partial charge in [0.1, 0.15) is 17.6 Å². The standard InChI is InChI=1S/C29H40O5S/c1-7-27(4)16-23(34-24(31)17-35-21-10-8-20(33-6)9-11-21)28(5)18(2)12-14-29(19(3)26(27)32)15-13-22(30)25(28)29/h7-11,18-19,23,25-26,32H,1,12-17H2,2-6H3/t18?,19-,23+,25?,26-,27+,28-,29?/m0/s1. The van der Waals surface area contributed by atoms with Gasteiger partial charge in [-0.25, -0.2) is 0 Å². The quantitative estimate of drug-likeness (QED) is 0.307. The van der Waals surface area contributed by atoms with Crippen LogP contribution in [0.15, 0.2) is 41.8 Å². The summed E-state index contributed by atoms with van der Waals surface area (Å²) >= 11 is 1.43. The molecule has 0 aromatic heterocycles. The minimum atomic E-state index is -0.652. The molecule has 3 unspecified atom stereocenters. The Labute approximate surface area is 214 Å². The first-order valence-corrected chi connectivity index (χ1v) is 13.8. The third-order valence-electron chi connectivity index (χ3n) is 9.99. The SMILES string of the molecule is C=C[C@]1(C)C[C@@H](OC(=O)CSc2ccc(OC)cc2)[C@]2(C)C(C)CCC3(CCC(=O)C32)[C@@H](C)[C@@H]1O. The highest BCUT2D eigenvalue weighted by atomic mass is 32.2. The fourth-order valence-corrected chi connectivity index (χ4v) is 8.19. The number of methoxy groups -OCH3 is 1. The second-order valence-electron chi connectivity index (χ2n) is 11.5. The highest BCUT2D eigenvalue weighted by molar-refractivity contribution is 8.00. The number of aliphatic hydroxyl groups is 1. The molecule has 192 valence electrons. The Morgan fingerprint density at radius 1 is 1.23 bits per heavy atom. The maximum Gasteiger partial charge on any atom is 0.316 e. The van der Waals surface area contributed by atoms with E-state index in [2.05, 4.69) is 27.4 Å². The van der Waals surface area contributed by atoms with Crippen molar-refractivity contribution in [3.63, 3.8) is 0 Å². The lowest BCUT2D eigenvalue weighted by Crippen LogP contribution is -2.63. The molecule has 8 atom stereocenters. The zero-order valence-corrected chi connectivity index (χ0v) is 22.5. The van der Waals surface area contributed by atoms with Gasteiger partial charge in [0, 0.05) is 28.1 Å². The van der Waals surface area contributed by atoms with Gasteiger partial charge in [0.25, 0.3) is 0 Å². The van der Waals surface area contributed by atoms with Gasteiger partial charge in [-0.15, -0.1) is 18.3 Å². The summed E-state index contributed by atoms with van der Waals surface area (Å²) in [6.07, 6.45) is 4.41. The topological polar surface area (TPSA) is 72.8 Å². The van der Waals surface area contributed by atoms with Crippen LogP contribution in [0, 0.1) is 34.0 Å². The van der Waals surface area contributed by atoms with Crippen LogP contribution in [0.5, 0.6) is 5.75 Å². The Kier molecular flexibility index (Phi) is 7.20. The van der Waals surface area contributed by atoms with Crippen molar-refractivity contribution in [1.29, 1.82) is 0 Å². The van der Waals surface area contributed by atoms with E-state index in [1.54, 1.807) is 7.11 Å². The van der Waals surface area contributed by atoms with Gasteiger partial charge in [-0.3, -0.25) is 9.59 Å². The van der Waals surface area contributed by atoms with Crippen LogP contribution in [0.2, 0.25) is 0 Å². The van der Waals surface area contributed by atoms with Gasteiger partial charge < -0.3 is 14.6 Å². The molecule has 5 nitrogen and oxygen atoms in total. The van der Waals surface area contributed by atoms with Gasteiger partial charge in [0.15, 0.2) is 0 Å². The molecule has 0 amide bonds. The summed E-state index contributed by atoms with van der Waals surface area (Å²) in [5, 5.41) is 11.6. The summed E-state index contributed by atoms with van der Waals surface area (Å²) in [5.41, 5.74) is -1.36. The van der Waals surface area contributed by atoms with Gasteiger partial charge in [0.2, 0.25) is 0 Å². The number of hydrogen-bond acceptors (Lipinski definition) is 6. The highest BCUT2D eigenvalue weighted by Gasteiger charge is 2.68. The third-order valence-corrected chi connectivity index (χ3v) is 11.0. The number of aliphatic hydroxyl groups excluding tert-OH is 1. The number of Topliss-reactive ketones (excluding diaryl/α,β-unsaturated/α-hetero) is 1. The summed E-state index contributed by atoms with van der Waals surface area (Å²) in [6.45, 7) is 12.6. The largest absolute Gasteiger partial charge is 0.497 e. The Morgan fingerprint density at radius 3 is 2.54 bits per heavy atom. The monoisotopic (exact) mass is 500 g/mol. The number of carbonyl (C=O) groups is 2. The predicted octanol–water partition coefficient (Wildman–Crippen LogP) is 5.69. The van der Waals surface area contributed by atoms with E-state index in [0.29, 0.717) is 12.8 Å². The smallest absolute Gasteiger partial charge is 0.316 e. The molecule has 3 aliphatic carbocycles. The summed E-state index contributed by atoms with van der Waals surface area (Å²) < 4.78 is 11.5. The van der Waals surface area contributed by atoms with Crippen molar-refractivity contribution in [2.45, 2.75) is 76.9 Å². The van der Waals surface area contributed by atoms with E-state index >= 15 is 0 Å². The van der Waals surface area contributed by atoms with Gasteiger partial charge in [-0.05, 0) is 67.2 Å². The van der Waals surface area contributed by atoms with Crippen molar-refractivity contribution in [1.82, 2.24) is 0 Å². The zero-order chi connectivity index (χ0) is 25.6. The number of ketones is 1. The molecule has 1 N–H and O–H groups in total. The van der Waals surface area contributed by atoms with E-state index < -0.39 is 23.0 Å². The van der Waals surface area contributed by atoms with Crippen molar-refractivity contribution >= 4 is 23.5 Å². The average Bonchev–Trinajstić information content (AvgIpc) is 3.21.